The van der Waals surface area contributed by atoms with E-state index in [0.717, 1.165) is 16.8 Å². The molecular weight excluding hydrogens is 271 g/mol. The second-order valence-corrected chi connectivity index (χ2v) is 11.2. The van der Waals surface area contributed by atoms with Gasteiger partial charge in [0.25, 0.3) is 0 Å². The van der Waals surface area contributed by atoms with E-state index in [1.54, 1.807) is 0 Å². The molecule has 1 atom stereocenters. The second-order valence-electron chi connectivity index (χ2n) is 4.66. The summed E-state index contributed by atoms with van der Waals surface area (Å²) in [4.78, 5) is 0. The van der Waals surface area contributed by atoms with Crippen molar-refractivity contribution in [2.75, 3.05) is 0 Å². The van der Waals surface area contributed by atoms with E-state index in [4.69, 9.17) is 0 Å². The summed E-state index contributed by atoms with van der Waals surface area (Å²) in [6, 6.07) is 18.8. The SMILES string of the molecule is O[As+]1(c2ccccc2)CCc2ccccc2C1. The van der Waals surface area contributed by atoms with Gasteiger partial charge in [-0.1, -0.05) is 0 Å². The molecule has 1 aliphatic heterocycles. The number of aryl methyl sites for hydroxylation is 1. The molecule has 1 N–H and O–H groups in total. The molecule has 2 aromatic rings. The molecule has 0 saturated carbocycles. The molecule has 3 rings (SSSR count). The fourth-order valence-corrected chi connectivity index (χ4v) is 8.44. The van der Waals surface area contributed by atoms with Gasteiger partial charge in [-0.05, 0) is 0 Å². The fourth-order valence-electron chi connectivity index (χ4n) is 2.55. The van der Waals surface area contributed by atoms with Crippen molar-refractivity contribution in [3.05, 3.63) is 65.7 Å². The van der Waals surface area contributed by atoms with E-state index in [2.05, 4.69) is 36.4 Å². The van der Waals surface area contributed by atoms with Crippen LogP contribution in [0.5, 0.6) is 0 Å². The molecule has 0 saturated heterocycles. The zero-order chi connectivity index (χ0) is 11.7. The Morgan fingerprint density at radius 1 is 0.824 bits per heavy atom. The van der Waals surface area contributed by atoms with Gasteiger partial charge in [-0.2, -0.15) is 0 Å². The Morgan fingerprint density at radius 2 is 1.47 bits per heavy atom. The molecular formula is C15H16AsO+. The first-order valence-electron chi connectivity index (χ1n) is 6.00. The molecule has 1 heterocycles. The van der Waals surface area contributed by atoms with Crippen LogP contribution in [0.15, 0.2) is 54.6 Å². The van der Waals surface area contributed by atoms with Crippen molar-refractivity contribution in [2.24, 2.45) is 0 Å². The molecule has 17 heavy (non-hydrogen) atoms. The summed E-state index contributed by atoms with van der Waals surface area (Å²) in [6.07, 6.45) is 1.04. The monoisotopic (exact) mass is 287 g/mol. The third-order valence-electron chi connectivity index (χ3n) is 3.54. The van der Waals surface area contributed by atoms with Crippen molar-refractivity contribution < 1.29 is 4.10 Å². The van der Waals surface area contributed by atoms with Gasteiger partial charge in [0.15, 0.2) is 0 Å². The molecule has 0 spiro atoms. The van der Waals surface area contributed by atoms with E-state index in [0.29, 0.717) is 0 Å². The molecule has 0 aromatic heterocycles. The molecule has 0 radical (unpaired) electrons. The first-order chi connectivity index (χ1) is 8.28. The Bertz CT molecular complexity index is 523. The summed E-state index contributed by atoms with van der Waals surface area (Å²) >= 11 is -2.64. The predicted molar refractivity (Wildman–Crippen MR) is 72.7 cm³/mol. The maximum atomic E-state index is 11.0. The van der Waals surface area contributed by atoms with E-state index in [-0.39, 0.29) is 0 Å². The molecule has 1 nitrogen and oxygen atoms in total. The van der Waals surface area contributed by atoms with Gasteiger partial charge in [0.05, 0.1) is 0 Å². The van der Waals surface area contributed by atoms with Gasteiger partial charge < -0.3 is 0 Å². The topological polar surface area (TPSA) is 20.2 Å². The minimum atomic E-state index is -2.64. The molecule has 2 heteroatoms. The van der Waals surface area contributed by atoms with Crippen LogP contribution in [0, 0.1) is 0 Å². The Hall–Kier alpha value is -1.04. The summed E-state index contributed by atoms with van der Waals surface area (Å²) in [6.45, 7) is 0. The van der Waals surface area contributed by atoms with Crippen molar-refractivity contribution in [2.45, 2.75) is 16.8 Å². The summed E-state index contributed by atoms with van der Waals surface area (Å²) < 4.78 is 12.2. The Labute approximate surface area is 105 Å². The minimum absolute atomic E-state index is 0.901. The van der Waals surface area contributed by atoms with Crippen LogP contribution >= 0.6 is 0 Å². The van der Waals surface area contributed by atoms with Crippen LogP contribution in [0.2, 0.25) is 5.21 Å². The van der Waals surface area contributed by atoms with Crippen LogP contribution in [0.4, 0.5) is 0 Å². The quantitative estimate of drug-likeness (QED) is 0.797. The van der Waals surface area contributed by atoms with Gasteiger partial charge in [-0.15, -0.1) is 0 Å². The van der Waals surface area contributed by atoms with Crippen molar-refractivity contribution in [1.29, 1.82) is 0 Å². The van der Waals surface area contributed by atoms with Crippen LogP contribution in [0.1, 0.15) is 11.1 Å². The third kappa shape index (κ3) is 2.06. The summed E-state index contributed by atoms with van der Waals surface area (Å²) in [5.74, 6) is 0. The van der Waals surface area contributed by atoms with Crippen LogP contribution in [0.25, 0.3) is 0 Å². The number of rotatable bonds is 1. The Balaban J connectivity index is 1.98. The van der Waals surface area contributed by atoms with E-state index in [1.807, 2.05) is 18.2 Å². The van der Waals surface area contributed by atoms with Gasteiger partial charge in [0.1, 0.15) is 0 Å². The number of benzene rings is 2. The zero-order valence-electron chi connectivity index (χ0n) is 9.71. The van der Waals surface area contributed by atoms with Crippen LogP contribution in [-0.4, -0.2) is 18.0 Å². The van der Waals surface area contributed by atoms with Crippen LogP contribution < -0.4 is 4.35 Å². The predicted octanol–water partition coefficient (Wildman–Crippen LogP) is 2.17. The standard InChI is InChI=1S/C15H16AsO/c17-16(15-8-2-1-3-9-15)11-10-13-6-4-5-7-14(13)12-16/h1-9,17H,10-12H2/q+1. The average Bonchev–Trinajstić information content (AvgIpc) is 2.40. The molecule has 0 amide bonds. The van der Waals surface area contributed by atoms with Crippen molar-refractivity contribution >= 4 is 18.2 Å². The summed E-state index contributed by atoms with van der Waals surface area (Å²) in [5.41, 5.74) is 2.78. The summed E-state index contributed by atoms with van der Waals surface area (Å²) in [7, 11) is 0. The first kappa shape index (κ1) is 11.1. The van der Waals surface area contributed by atoms with Crippen LogP contribution in [0.3, 0.4) is 0 Å². The summed E-state index contributed by atoms with van der Waals surface area (Å²) in [5, 5.41) is 1.89. The molecule has 1 unspecified atom stereocenters. The van der Waals surface area contributed by atoms with Crippen molar-refractivity contribution in [3.8, 4) is 0 Å². The first-order valence-corrected chi connectivity index (χ1v) is 10.4. The molecule has 0 aliphatic carbocycles. The third-order valence-corrected chi connectivity index (χ3v) is 10.0. The Kier molecular flexibility index (Phi) is 2.82. The molecule has 2 aromatic carbocycles. The van der Waals surface area contributed by atoms with Crippen molar-refractivity contribution in [3.63, 3.8) is 0 Å². The second kappa shape index (κ2) is 4.33. The van der Waals surface area contributed by atoms with Crippen LogP contribution in [-0.2, 0) is 11.6 Å². The van der Waals surface area contributed by atoms with Gasteiger partial charge in [0, 0.05) is 0 Å². The van der Waals surface area contributed by atoms with E-state index in [9.17, 15) is 4.10 Å². The van der Waals surface area contributed by atoms with Gasteiger partial charge in [0.2, 0.25) is 0 Å². The normalized spacial score (nSPS) is 23.1. The Morgan fingerprint density at radius 3 is 2.24 bits per heavy atom. The van der Waals surface area contributed by atoms with Gasteiger partial charge >= 0.3 is 105 Å². The van der Waals surface area contributed by atoms with Crippen molar-refractivity contribution in [1.82, 2.24) is 0 Å². The molecule has 0 fully saturated rings. The van der Waals surface area contributed by atoms with E-state index < -0.39 is 13.9 Å². The van der Waals surface area contributed by atoms with Gasteiger partial charge in [-0.3, -0.25) is 0 Å². The van der Waals surface area contributed by atoms with E-state index in [1.165, 1.54) is 15.5 Å². The maximum absolute atomic E-state index is 11.0. The number of hydrogen-bond acceptors (Lipinski definition) is 1. The molecule has 86 valence electrons. The average molecular weight is 287 g/mol. The fraction of sp³-hybridized carbons (Fsp3) is 0.200. The van der Waals surface area contributed by atoms with E-state index >= 15 is 0 Å². The number of hydrogen-bond donors (Lipinski definition) is 1. The molecule has 0 bridgehead atoms. The zero-order valence-corrected chi connectivity index (χ0v) is 11.6. The van der Waals surface area contributed by atoms with Gasteiger partial charge in [-0.25, -0.2) is 0 Å². The molecule has 1 aliphatic rings. The number of fused-ring (bicyclic) bond motifs is 1.